The fraction of sp³-hybridized carbons (Fsp3) is 1.00. The maximum absolute atomic E-state index is 7.55. The van der Waals surface area contributed by atoms with Crippen LogP contribution < -0.4 is 5.31 Å². The van der Waals surface area contributed by atoms with E-state index in [0.717, 1.165) is 19.5 Å². The van der Waals surface area contributed by atoms with Gasteiger partial charge in [0.05, 0.1) is 0 Å². The van der Waals surface area contributed by atoms with Crippen molar-refractivity contribution in [2.24, 2.45) is 0 Å². The average molecular weight is 143 g/mol. The van der Waals surface area contributed by atoms with Gasteiger partial charge < -0.3 is 10.2 Å². The van der Waals surface area contributed by atoms with Gasteiger partial charge in [0, 0.05) is 6.04 Å². The summed E-state index contributed by atoms with van der Waals surface area (Å²) in [4.78, 5) is 2.19. The Balaban J connectivity index is 2.15. The van der Waals surface area contributed by atoms with Gasteiger partial charge in [-0.25, -0.2) is 0 Å². The highest BCUT2D eigenvalue weighted by Crippen LogP contribution is 2.08. The molecule has 1 fully saturated rings. The molecule has 2 heteroatoms. The second-order valence-corrected chi connectivity index (χ2v) is 3.29. The molecule has 0 aromatic heterocycles. The Kier molecular flexibility index (Phi) is 2.61. The summed E-state index contributed by atoms with van der Waals surface area (Å²) >= 11 is 0. The van der Waals surface area contributed by atoms with Crippen molar-refractivity contribution < 1.29 is 1.41 Å². The molecule has 0 unspecified atom stereocenters. The van der Waals surface area contributed by atoms with Crippen molar-refractivity contribution in [1.82, 2.24) is 10.2 Å². The molecule has 1 aliphatic heterocycles. The molecule has 1 aliphatic rings. The lowest BCUT2D eigenvalue weighted by Crippen LogP contribution is -2.26. The Bertz CT molecular complexity index is 117. The van der Waals surface area contributed by atoms with E-state index in [0.29, 0.717) is 6.04 Å². The lowest BCUT2D eigenvalue weighted by molar-refractivity contribution is 0.371. The van der Waals surface area contributed by atoms with Crippen LogP contribution in [0.5, 0.6) is 0 Å². The predicted octanol–water partition coefficient (Wildman–Crippen LogP) is 0.690. The highest BCUT2D eigenvalue weighted by molar-refractivity contribution is 4.74. The molecule has 0 amide bonds. The van der Waals surface area contributed by atoms with Crippen LogP contribution in [0.15, 0.2) is 0 Å². The second kappa shape index (κ2) is 3.94. The largest absolute Gasteiger partial charge is 0.314 e. The van der Waals surface area contributed by atoms with Crippen molar-refractivity contribution >= 4 is 0 Å². The molecule has 10 heavy (non-hydrogen) atoms. The molecule has 0 radical (unpaired) electrons. The van der Waals surface area contributed by atoms with E-state index in [-0.39, 0.29) is 0 Å². The summed E-state index contributed by atoms with van der Waals surface area (Å²) in [6.07, 6.45) is 3.58. The van der Waals surface area contributed by atoms with E-state index < -0.39 is 0 Å². The quantitative estimate of drug-likeness (QED) is 0.625. The first-order chi connectivity index (χ1) is 5.20. The van der Waals surface area contributed by atoms with Gasteiger partial charge in [0.1, 0.15) is 1.41 Å². The highest BCUT2D eigenvalue weighted by atomic mass is 15.1. The van der Waals surface area contributed by atoms with Gasteiger partial charge in [-0.3, -0.25) is 0 Å². The fourth-order valence-corrected chi connectivity index (χ4v) is 1.33. The van der Waals surface area contributed by atoms with E-state index in [1.54, 1.807) is 5.31 Å². The smallest absolute Gasteiger partial charge is 0.122 e. The monoisotopic (exact) mass is 143 g/mol. The fourth-order valence-electron chi connectivity index (χ4n) is 1.33. The molecule has 0 aliphatic carbocycles. The number of rotatable bonds is 3. The van der Waals surface area contributed by atoms with Crippen LogP contribution in [0.2, 0.25) is 1.41 Å². The summed E-state index contributed by atoms with van der Waals surface area (Å²) in [6.45, 7) is 2.08. The molecule has 0 aromatic rings. The average Bonchev–Trinajstić information content (AvgIpc) is 2.31. The van der Waals surface area contributed by atoms with Gasteiger partial charge in [-0.05, 0) is 46.4 Å². The summed E-state index contributed by atoms with van der Waals surface area (Å²) in [5, 5.41) is 1.74. The van der Waals surface area contributed by atoms with Crippen LogP contribution in [-0.4, -0.2) is 38.1 Å². The Morgan fingerprint density at radius 1 is 1.70 bits per heavy atom. The SMILES string of the molecule is [2H]N1CCC[C@H]1CCN(C)C. The lowest BCUT2D eigenvalue weighted by Gasteiger charge is -2.13. The zero-order valence-electron chi connectivity index (χ0n) is 8.01. The van der Waals surface area contributed by atoms with Crippen molar-refractivity contribution in [1.29, 1.82) is 0 Å². The van der Waals surface area contributed by atoms with E-state index in [1.807, 2.05) is 0 Å². The third-order valence-electron chi connectivity index (χ3n) is 1.99. The van der Waals surface area contributed by atoms with Crippen molar-refractivity contribution in [3.8, 4) is 0 Å². The minimum atomic E-state index is 0.525. The second-order valence-electron chi connectivity index (χ2n) is 3.29. The zero-order valence-corrected chi connectivity index (χ0v) is 7.01. The minimum Gasteiger partial charge on any atom is -0.314 e. The number of hydrogen-bond acceptors (Lipinski definition) is 2. The van der Waals surface area contributed by atoms with Crippen molar-refractivity contribution in [2.75, 3.05) is 27.2 Å². The molecule has 1 rings (SSSR count). The summed E-state index contributed by atoms with van der Waals surface area (Å²) in [6, 6.07) is 0.525. The Labute approximate surface area is 65.1 Å². The van der Waals surface area contributed by atoms with Gasteiger partial charge in [0.25, 0.3) is 0 Å². The van der Waals surface area contributed by atoms with Gasteiger partial charge in [0.15, 0.2) is 0 Å². The molecule has 2 nitrogen and oxygen atoms in total. The molecule has 60 valence electrons. The van der Waals surface area contributed by atoms with Crippen LogP contribution in [0.3, 0.4) is 0 Å². The van der Waals surface area contributed by atoms with E-state index in [4.69, 9.17) is 1.41 Å². The van der Waals surface area contributed by atoms with E-state index in [2.05, 4.69) is 19.0 Å². The summed E-state index contributed by atoms with van der Waals surface area (Å²) in [7, 11) is 4.17. The van der Waals surface area contributed by atoms with Gasteiger partial charge in [-0.1, -0.05) is 0 Å². The first kappa shape index (κ1) is 6.62. The molecule has 1 saturated heterocycles. The number of nitrogens with one attached hydrogen (secondary N) is 1. The Hall–Kier alpha value is -0.0800. The lowest BCUT2D eigenvalue weighted by atomic mass is 10.1. The third-order valence-corrected chi connectivity index (χ3v) is 1.99. The maximum Gasteiger partial charge on any atom is 0.122 e. The standard InChI is InChI=1S/C8H18N2/c1-10(2)7-5-8-4-3-6-9-8/h8-9H,3-7H2,1-2H3/t8-/m0/s1/i/hD. The first-order valence-corrected chi connectivity index (χ1v) is 4.10. The van der Waals surface area contributed by atoms with Crippen molar-refractivity contribution in [3.05, 3.63) is 0 Å². The molecule has 1 atom stereocenters. The molecular weight excluding hydrogens is 124 g/mol. The summed E-state index contributed by atoms with van der Waals surface area (Å²) in [5.74, 6) is 0. The molecule has 0 bridgehead atoms. The van der Waals surface area contributed by atoms with Crippen molar-refractivity contribution in [3.63, 3.8) is 0 Å². The zero-order chi connectivity index (χ0) is 8.27. The van der Waals surface area contributed by atoms with E-state index in [1.165, 1.54) is 12.8 Å². The van der Waals surface area contributed by atoms with Gasteiger partial charge >= 0.3 is 0 Å². The molecule has 0 saturated carbocycles. The Morgan fingerprint density at radius 2 is 2.50 bits per heavy atom. The van der Waals surface area contributed by atoms with Crippen molar-refractivity contribution in [2.45, 2.75) is 25.3 Å². The van der Waals surface area contributed by atoms with Gasteiger partial charge in [-0.15, -0.1) is 0 Å². The Morgan fingerprint density at radius 3 is 3.00 bits per heavy atom. The van der Waals surface area contributed by atoms with Crippen LogP contribution >= 0.6 is 0 Å². The van der Waals surface area contributed by atoms with Crippen LogP contribution in [-0.2, 0) is 0 Å². The third kappa shape index (κ3) is 2.67. The van der Waals surface area contributed by atoms with Crippen LogP contribution in [0.1, 0.15) is 19.3 Å². The highest BCUT2D eigenvalue weighted by Gasteiger charge is 2.12. The minimum absolute atomic E-state index is 0.525. The molecule has 0 aromatic carbocycles. The summed E-state index contributed by atoms with van der Waals surface area (Å²) in [5.41, 5.74) is 0. The summed E-state index contributed by atoms with van der Waals surface area (Å²) < 4.78 is 7.55. The van der Waals surface area contributed by atoms with Gasteiger partial charge in [-0.2, -0.15) is 0 Å². The van der Waals surface area contributed by atoms with Crippen LogP contribution in [0, 0.1) is 0 Å². The number of nitrogens with zero attached hydrogens (tertiary/aromatic N) is 1. The van der Waals surface area contributed by atoms with E-state index >= 15 is 0 Å². The molecular formula is C8H18N2. The number of hydrogen-bond donors (Lipinski definition) is 1. The van der Waals surface area contributed by atoms with Crippen LogP contribution in [0.4, 0.5) is 0 Å². The molecule has 1 heterocycles. The first-order valence-electron chi connectivity index (χ1n) is 4.55. The normalized spacial score (nSPS) is 29.5. The van der Waals surface area contributed by atoms with E-state index in [9.17, 15) is 0 Å². The molecule has 0 spiro atoms. The topological polar surface area (TPSA) is 15.3 Å². The molecule has 1 N–H and O–H groups in total. The maximum atomic E-state index is 7.55. The predicted molar refractivity (Wildman–Crippen MR) is 44.2 cm³/mol. The van der Waals surface area contributed by atoms with Crippen LogP contribution in [0.25, 0.3) is 0 Å². The van der Waals surface area contributed by atoms with Gasteiger partial charge in [0.2, 0.25) is 0 Å².